The van der Waals surface area contributed by atoms with Gasteiger partial charge in [-0.15, -0.1) is 11.3 Å². The van der Waals surface area contributed by atoms with E-state index in [4.69, 9.17) is 23.2 Å². The number of rotatable bonds is 9. The lowest BCUT2D eigenvalue weighted by atomic mass is 10.1. The van der Waals surface area contributed by atoms with E-state index in [1.807, 2.05) is 48.7 Å². The molecule has 32 heavy (non-hydrogen) atoms. The Morgan fingerprint density at radius 2 is 1.88 bits per heavy atom. The van der Waals surface area contributed by atoms with E-state index in [1.54, 1.807) is 36.0 Å². The van der Waals surface area contributed by atoms with E-state index in [2.05, 4.69) is 10.6 Å². The fraction of sp³-hybridized carbons (Fsp3) is 0.167. The highest BCUT2D eigenvalue weighted by atomic mass is 35.5. The lowest BCUT2D eigenvalue weighted by molar-refractivity contribution is -0.117. The second-order valence-corrected chi connectivity index (χ2v) is 9.80. The molecule has 0 saturated heterocycles. The monoisotopic (exact) mass is 504 g/mol. The molecule has 2 amide bonds. The summed E-state index contributed by atoms with van der Waals surface area (Å²) in [5, 5.41) is 8.65. The number of aryl methyl sites for hydroxylation is 1. The predicted octanol–water partition coefficient (Wildman–Crippen LogP) is 6.18. The third-order valence-electron chi connectivity index (χ3n) is 4.50. The molecule has 2 N–H and O–H groups in total. The molecule has 3 rings (SSSR count). The summed E-state index contributed by atoms with van der Waals surface area (Å²) in [6.45, 7) is 2.33. The van der Waals surface area contributed by atoms with Crippen molar-refractivity contribution in [1.82, 2.24) is 10.6 Å². The van der Waals surface area contributed by atoms with E-state index < -0.39 is 0 Å². The van der Waals surface area contributed by atoms with Crippen molar-refractivity contribution in [3.8, 4) is 0 Å². The molecule has 0 fully saturated rings. The average molecular weight is 505 g/mol. The molecule has 0 bridgehead atoms. The molecular weight excluding hydrogens is 483 g/mol. The summed E-state index contributed by atoms with van der Waals surface area (Å²) in [5.41, 5.74) is 2.67. The van der Waals surface area contributed by atoms with Crippen LogP contribution < -0.4 is 10.6 Å². The molecule has 0 atom stereocenters. The minimum Gasteiger partial charge on any atom is -0.350 e. The maximum atomic E-state index is 12.8. The Morgan fingerprint density at radius 1 is 1.06 bits per heavy atom. The van der Waals surface area contributed by atoms with Crippen LogP contribution in [0.1, 0.15) is 26.4 Å². The molecule has 0 aliphatic rings. The molecule has 0 radical (unpaired) electrons. The Kier molecular flexibility index (Phi) is 9.23. The van der Waals surface area contributed by atoms with Gasteiger partial charge in [-0.2, -0.15) is 11.8 Å². The summed E-state index contributed by atoms with van der Waals surface area (Å²) in [6.07, 6.45) is 1.69. The van der Waals surface area contributed by atoms with Gasteiger partial charge in [0.25, 0.3) is 11.8 Å². The Bertz CT molecular complexity index is 1110. The molecule has 0 saturated carbocycles. The van der Waals surface area contributed by atoms with Gasteiger partial charge in [-0.25, -0.2) is 0 Å². The minimum atomic E-state index is -0.324. The van der Waals surface area contributed by atoms with Gasteiger partial charge in [0.15, 0.2) is 0 Å². The quantitative estimate of drug-likeness (QED) is 0.270. The smallest absolute Gasteiger partial charge is 0.267 e. The van der Waals surface area contributed by atoms with Crippen molar-refractivity contribution in [2.45, 2.75) is 12.7 Å². The third-order valence-corrected chi connectivity index (χ3v) is 7.09. The van der Waals surface area contributed by atoms with Gasteiger partial charge in [-0.1, -0.05) is 53.5 Å². The first-order valence-corrected chi connectivity index (χ1v) is 12.6. The molecule has 1 aromatic heterocycles. The lowest BCUT2D eigenvalue weighted by Gasteiger charge is -2.12. The Balaban J connectivity index is 1.57. The average Bonchev–Trinajstić information content (AvgIpc) is 3.28. The summed E-state index contributed by atoms with van der Waals surface area (Å²) in [5.74, 6) is 0.837. The number of halogens is 2. The standard InChI is InChI=1S/C24H22Cl2N2O2S2/c1-16-5-2-3-7-19(16)23(29)28-22(14-18-6-4-11-32-18)24(30)27-10-12-31-15-17-8-9-20(25)21(26)13-17/h2-9,11,13-14H,10,12,15H2,1H3,(H,27,30)(H,28,29)/b22-14-. The Morgan fingerprint density at radius 3 is 2.59 bits per heavy atom. The zero-order valence-corrected chi connectivity index (χ0v) is 20.5. The van der Waals surface area contributed by atoms with Crippen molar-refractivity contribution in [1.29, 1.82) is 0 Å². The van der Waals surface area contributed by atoms with Crippen molar-refractivity contribution in [2.75, 3.05) is 12.3 Å². The van der Waals surface area contributed by atoms with Crippen molar-refractivity contribution in [3.05, 3.63) is 97.3 Å². The molecule has 0 aliphatic carbocycles. The van der Waals surface area contributed by atoms with Crippen LogP contribution in [0.2, 0.25) is 10.0 Å². The van der Waals surface area contributed by atoms with E-state index in [0.717, 1.165) is 21.8 Å². The van der Waals surface area contributed by atoms with Crippen LogP contribution in [-0.4, -0.2) is 24.1 Å². The maximum absolute atomic E-state index is 12.8. The topological polar surface area (TPSA) is 58.2 Å². The fourth-order valence-electron chi connectivity index (χ4n) is 2.84. The van der Waals surface area contributed by atoms with E-state index in [-0.39, 0.29) is 17.5 Å². The molecule has 1 heterocycles. The van der Waals surface area contributed by atoms with Crippen LogP contribution in [0, 0.1) is 6.92 Å². The molecule has 8 heteroatoms. The number of nitrogens with one attached hydrogen (secondary N) is 2. The number of carbonyl (C=O) groups excluding carboxylic acids is 2. The van der Waals surface area contributed by atoms with E-state index >= 15 is 0 Å². The zero-order valence-electron chi connectivity index (χ0n) is 17.4. The van der Waals surface area contributed by atoms with Gasteiger partial charge in [0.1, 0.15) is 5.70 Å². The van der Waals surface area contributed by atoms with Crippen LogP contribution >= 0.6 is 46.3 Å². The molecule has 0 aliphatic heterocycles. The molecule has 2 aromatic carbocycles. The summed E-state index contributed by atoms with van der Waals surface area (Å²) in [4.78, 5) is 26.4. The number of hydrogen-bond donors (Lipinski definition) is 2. The van der Waals surface area contributed by atoms with Crippen LogP contribution in [0.5, 0.6) is 0 Å². The molecular formula is C24H22Cl2N2O2S2. The van der Waals surface area contributed by atoms with Gasteiger partial charge in [0.2, 0.25) is 0 Å². The van der Waals surface area contributed by atoms with Crippen molar-refractivity contribution in [2.24, 2.45) is 0 Å². The Hall–Kier alpha value is -2.25. The van der Waals surface area contributed by atoms with Crippen molar-refractivity contribution >= 4 is 64.2 Å². The van der Waals surface area contributed by atoms with Crippen molar-refractivity contribution in [3.63, 3.8) is 0 Å². The largest absolute Gasteiger partial charge is 0.350 e. The first-order chi connectivity index (χ1) is 15.4. The first-order valence-electron chi connectivity index (χ1n) is 9.86. The number of hydrogen-bond acceptors (Lipinski definition) is 4. The van der Waals surface area contributed by atoms with Crippen LogP contribution in [0.25, 0.3) is 6.08 Å². The summed E-state index contributed by atoms with van der Waals surface area (Å²) in [6, 6.07) is 16.6. The van der Waals surface area contributed by atoms with Gasteiger partial charge >= 0.3 is 0 Å². The molecule has 166 valence electrons. The molecule has 4 nitrogen and oxygen atoms in total. The highest BCUT2D eigenvalue weighted by Gasteiger charge is 2.16. The third kappa shape index (κ3) is 7.14. The van der Waals surface area contributed by atoms with Crippen LogP contribution in [-0.2, 0) is 10.5 Å². The highest BCUT2D eigenvalue weighted by Crippen LogP contribution is 2.24. The van der Waals surface area contributed by atoms with Crippen LogP contribution in [0.4, 0.5) is 0 Å². The number of amides is 2. The first kappa shape index (κ1) is 24.4. The number of thioether (sulfide) groups is 1. The number of carbonyl (C=O) groups is 2. The SMILES string of the molecule is Cc1ccccc1C(=O)N/C(=C\c1cccs1)C(=O)NCCSCc1ccc(Cl)c(Cl)c1. The normalized spacial score (nSPS) is 11.3. The summed E-state index contributed by atoms with van der Waals surface area (Å²) >= 11 is 15.2. The van der Waals surface area contributed by atoms with Gasteiger partial charge in [0, 0.05) is 28.5 Å². The second kappa shape index (κ2) is 12.1. The summed E-state index contributed by atoms with van der Waals surface area (Å²) < 4.78 is 0. The van der Waals surface area contributed by atoms with Crippen LogP contribution in [0.3, 0.4) is 0 Å². The van der Waals surface area contributed by atoms with Gasteiger partial charge in [-0.3, -0.25) is 9.59 Å². The summed E-state index contributed by atoms with van der Waals surface area (Å²) in [7, 11) is 0. The second-order valence-electron chi connectivity index (χ2n) is 6.90. The minimum absolute atomic E-state index is 0.218. The van der Waals surface area contributed by atoms with Crippen LogP contribution in [0.15, 0.2) is 65.7 Å². The lowest BCUT2D eigenvalue weighted by Crippen LogP contribution is -2.36. The van der Waals surface area contributed by atoms with Gasteiger partial charge < -0.3 is 10.6 Å². The fourth-order valence-corrected chi connectivity index (χ4v) is 4.63. The van der Waals surface area contributed by atoms with Gasteiger partial charge in [0.05, 0.1) is 10.0 Å². The van der Waals surface area contributed by atoms with E-state index in [0.29, 0.717) is 27.9 Å². The highest BCUT2D eigenvalue weighted by molar-refractivity contribution is 7.98. The maximum Gasteiger partial charge on any atom is 0.267 e. The van der Waals surface area contributed by atoms with E-state index in [1.165, 1.54) is 11.3 Å². The molecule has 0 spiro atoms. The van der Waals surface area contributed by atoms with E-state index in [9.17, 15) is 9.59 Å². The molecule has 0 unspecified atom stereocenters. The predicted molar refractivity (Wildman–Crippen MR) is 137 cm³/mol. The number of benzene rings is 2. The van der Waals surface area contributed by atoms with Crippen molar-refractivity contribution < 1.29 is 9.59 Å². The number of thiophene rings is 1. The zero-order chi connectivity index (χ0) is 22.9. The Labute approximate surface area is 206 Å². The van der Waals surface area contributed by atoms with Gasteiger partial charge in [-0.05, 0) is 53.8 Å². The molecule has 3 aromatic rings.